The maximum absolute atomic E-state index is 11.1. The molecular formula is C6H6N2O3S. The Morgan fingerprint density at radius 2 is 2.42 bits per heavy atom. The lowest BCUT2D eigenvalue weighted by Gasteiger charge is -1.97. The molecule has 0 radical (unpaired) electrons. The molecule has 0 amide bonds. The monoisotopic (exact) mass is 186 g/mol. The Balaban J connectivity index is 2.83. The molecule has 6 heteroatoms. The largest absolute Gasteiger partial charge is 0.471 e. The molecule has 1 aromatic rings. The van der Waals surface area contributed by atoms with Crippen molar-refractivity contribution >= 4 is 10.0 Å². The lowest BCUT2D eigenvalue weighted by Crippen LogP contribution is -2.23. The summed E-state index contributed by atoms with van der Waals surface area (Å²) in [4.78, 5) is 0.0257. The Morgan fingerprint density at radius 3 is 2.92 bits per heavy atom. The van der Waals surface area contributed by atoms with Gasteiger partial charge in [-0.25, -0.2) is 8.42 Å². The van der Waals surface area contributed by atoms with Gasteiger partial charge in [-0.1, -0.05) is 0 Å². The molecule has 64 valence electrons. The van der Waals surface area contributed by atoms with Crippen molar-refractivity contribution in [3.63, 3.8) is 0 Å². The highest BCUT2D eigenvalue weighted by Gasteiger charge is 2.13. The minimum atomic E-state index is -3.55. The molecule has 12 heavy (non-hydrogen) atoms. The zero-order valence-electron chi connectivity index (χ0n) is 6.02. The Morgan fingerprint density at radius 1 is 1.67 bits per heavy atom. The van der Waals surface area contributed by atoms with Gasteiger partial charge < -0.3 is 4.42 Å². The van der Waals surface area contributed by atoms with E-state index in [2.05, 4.69) is 9.14 Å². The Labute approximate surface area is 69.7 Å². The van der Waals surface area contributed by atoms with Crippen LogP contribution in [0.5, 0.6) is 0 Å². The van der Waals surface area contributed by atoms with Crippen LogP contribution in [-0.4, -0.2) is 15.0 Å². The van der Waals surface area contributed by atoms with Crippen LogP contribution < -0.4 is 4.72 Å². The van der Waals surface area contributed by atoms with Crippen LogP contribution in [0.1, 0.15) is 0 Å². The number of nitrogens with zero attached hydrogens (tertiary/aromatic N) is 1. The van der Waals surface area contributed by atoms with Gasteiger partial charge in [0, 0.05) is 0 Å². The van der Waals surface area contributed by atoms with Crippen LogP contribution in [0.25, 0.3) is 0 Å². The predicted molar refractivity (Wildman–Crippen MR) is 39.5 cm³/mol. The van der Waals surface area contributed by atoms with E-state index in [-0.39, 0.29) is 11.4 Å². The number of nitriles is 1. The summed E-state index contributed by atoms with van der Waals surface area (Å²) in [7, 11) is -3.55. The van der Waals surface area contributed by atoms with E-state index < -0.39 is 10.0 Å². The summed E-state index contributed by atoms with van der Waals surface area (Å²) in [5.74, 6) is 0. The Bertz CT molecular complexity index is 373. The van der Waals surface area contributed by atoms with Gasteiger partial charge in [0.2, 0.25) is 10.0 Å². The van der Waals surface area contributed by atoms with Gasteiger partial charge in [-0.2, -0.15) is 9.98 Å². The zero-order chi connectivity index (χ0) is 9.03. The number of hydrogen-bond donors (Lipinski definition) is 1. The van der Waals surface area contributed by atoms with Gasteiger partial charge in [-0.05, 0) is 6.07 Å². The quantitative estimate of drug-likeness (QED) is 0.677. The fraction of sp³-hybridized carbons (Fsp3) is 0.167. The molecule has 0 aliphatic rings. The van der Waals surface area contributed by atoms with Gasteiger partial charge in [0.05, 0.1) is 18.9 Å². The van der Waals surface area contributed by atoms with Crippen molar-refractivity contribution in [3.8, 4) is 6.07 Å². The summed E-state index contributed by atoms with van der Waals surface area (Å²) < 4.78 is 28.9. The average Bonchev–Trinajstić information content (AvgIpc) is 2.53. The molecule has 0 aliphatic heterocycles. The van der Waals surface area contributed by atoms with E-state index in [0.717, 1.165) is 6.26 Å². The third-order valence-electron chi connectivity index (χ3n) is 1.15. The zero-order valence-corrected chi connectivity index (χ0v) is 6.84. The van der Waals surface area contributed by atoms with Gasteiger partial charge in [0.15, 0.2) is 0 Å². The van der Waals surface area contributed by atoms with Crippen molar-refractivity contribution < 1.29 is 12.8 Å². The lowest BCUT2D eigenvalue weighted by atomic mass is 10.7. The maximum Gasteiger partial charge on any atom is 0.244 e. The van der Waals surface area contributed by atoms with Crippen molar-refractivity contribution in [2.45, 2.75) is 4.90 Å². The van der Waals surface area contributed by atoms with E-state index in [4.69, 9.17) is 5.26 Å². The molecular weight excluding hydrogens is 180 g/mol. The second-order valence-electron chi connectivity index (χ2n) is 1.94. The second kappa shape index (κ2) is 3.38. The Hall–Kier alpha value is -1.32. The standard InChI is InChI=1S/C6H6N2O3S/c7-2-3-8-12(9,10)6-1-4-11-5-6/h1,4-5,8H,3H2. The van der Waals surface area contributed by atoms with Crippen LogP contribution >= 0.6 is 0 Å². The molecule has 0 fully saturated rings. The molecule has 0 aromatic carbocycles. The lowest BCUT2D eigenvalue weighted by molar-refractivity contribution is 0.554. The van der Waals surface area contributed by atoms with Gasteiger partial charge >= 0.3 is 0 Å². The van der Waals surface area contributed by atoms with Gasteiger partial charge in [-0.15, -0.1) is 0 Å². The first-order chi connectivity index (χ1) is 5.67. The Kier molecular flexibility index (Phi) is 2.47. The summed E-state index contributed by atoms with van der Waals surface area (Å²) >= 11 is 0. The molecule has 0 aliphatic carbocycles. The average molecular weight is 186 g/mol. The SMILES string of the molecule is N#CCNS(=O)(=O)c1ccoc1. The van der Waals surface area contributed by atoms with Crippen LogP contribution in [0.2, 0.25) is 0 Å². The summed E-state index contributed by atoms with van der Waals surface area (Å²) in [6.07, 6.45) is 2.35. The van der Waals surface area contributed by atoms with Crippen molar-refractivity contribution in [2.24, 2.45) is 0 Å². The number of hydrogen-bond acceptors (Lipinski definition) is 4. The molecule has 1 N–H and O–H groups in total. The van der Waals surface area contributed by atoms with E-state index in [1.54, 1.807) is 6.07 Å². The van der Waals surface area contributed by atoms with Crippen molar-refractivity contribution in [1.82, 2.24) is 4.72 Å². The van der Waals surface area contributed by atoms with Crippen LogP contribution in [0.15, 0.2) is 27.9 Å². The topological polar surface area (TPSA) is 83.1 Å². The molecule has 5 nitrogen and oxygen atoms in total. The molecule has 1 heterocycles. The first kappa shape index (κ1) is 8.77. The van der Waals surface area contributed by atoms with Gasteiger partial charge in [-0.3, -0.25) is 0 Å². The predicted octanol–water partition coefficient (Wildman–Crippen LogP) is 0.0815. The molecule has 0 unspecified atom stereocenters. The highest BCUT2D eigenvalue weighted by molar-refractivity contribution is 7.89. The third-order valence-corrected chi connectivity index (χ3v) is 2.52. The molecule has 0 atom stereocenters. The van der Waals surface area contributed by atoms with Crippen LogP contribution in [0, 0.1) is 11.3 Å². The molecule has 1 aromatic heterocycles. The van der Waals surface area contributed by atoms with Crippen LogP contribution in [-0.2, 0) is 10.0 Å². The maximum atomic E-state index is 11.1. The van der Waals surface area contributed by atoms with E-state index in [0.29, 0.717) is 0 Å². The molecule has 0 bridgehead atoms. The third kappa shape index (κ3) is 1.84. The second-order valence-corrected chi connectivity index (χ2v) is 3.71. The molecule has 0 saturated carbocycles. The van der Waals surface area contributed by atoms with Crippen LogP contribution in [0.3, 0.4) is 0 Å². The highest BCUT2D eigenvalue weighted by atomic mass is 32.2. The van der Waals surface area contributed by atoms with E-state index in [9.17, 15) is 8.42 Å². The molecule has 0 saturated heterocycles. The number of sulfonamides is 1. The fourth-order valence-electron chi connectivity index (χ4n) is 0.616. The molecule has 0 spiro atoms. The number of furan rings is 1. The summed E-state index contributed by atoms with van der Waals surface area (Å²) in [6, 6.07) is 2.97. The van der Waals surface area contributed by atoms with Crippen LogP contribution in [0.4, 0.5) is 0 Å². The van der Waals surface area contributed by atoms with Crippen molar-refractivity contribution in [1.29, 1.82) is 5.26 Å². The first-order valence-electron chi connectivity index (χ1n) is 3.05. The summed E-state index contributed by atoms with van der Waals surface area (Å²) in [5, 5.41) is 8.13. The summed E-state index contributed by atoms with van der Waals surface area (Å²) in [6.45, 7) is -0.243. The van der Waals surface area contributed by atoms with E-state index in [1.165, 1.54) is 12.3 Å². The van der Waals surface area contributed by atoms with Gasteiger partial charge in [0.25, 0.3) is 0 Å². The minimum absolute atomic E-state index is 0.0257. The van der Waals surface area contributed by atoms with E-state index in [1.807, 2.05) is 0 Å². The highest BCUT2D eigenvalue weighted by Crippen LogP contribution is 2.07. The fourth-order valence-corrected chi connectivity index (χ4v) is 1.45. The number of nitrogens with one attached hydrogen (secondary N) is 1. The normalized spacial score (nSPS) is 10.9. The van der Waals surface area contributed by atoms with Crippen molar-refractivity contribution in [3.05, 3.63) is 18.6 Å². The number of rotatable bonds is 3. The molecule has 1 rings (SSSR count). The summed E-state index contributed by atoms with van der Waals surface area (Å²) in [5.41, 5.74) is 0. The van der Waals surface area contributed by atoms with Gasteiger partial charge in [0.1, 0.15) is 11.2 Å². The van der Waals surface area contributed by atoms with E-state index >= 15 is 0 Å². The smallest absolute Gasteiger partial charge is 0.244 e. The van der Waals surface area contributed by atoms with Crippen molar-refractivity contribution in [2.75, 3.05) is 6.54 Å². The first-order valence-corrected chi connectivity index (χ1v) is 4.54. The minimum Gasteiger partial charge on any atom is -0.471 e.